The predicted molar refractivity (Wildman–Crippen MR) is 83.3 cm³/mol. The van der Waals surface area contributed by atoms with Crippen molar-refractivity contribution in [2.45, 2.75) is 32.7 Å². The maximum atomic E-state index is 12.3. The lowest BCUT2D eigenvalue weighted by Gasteiger charge is -2.20. The van der Waals surface area contributed by atoms with E-state index >= 15 is 0 Å². The van der Waals surface area contributed by atoms with Crippen LogP contribution in [0.5, 0.6) is 0 Å². The van der Waals surface area contributed by atoms with Crippen LogP contribution in [0.4, 0.5) is 0 Å². The molecule has 1 unspecified atom stereocenters. The van der Waals surface area contributed by atoms with Crippen molar-refractivity contribution in [3.05, 3.63) is 35.9 Å². The van der Waals surface area contributed by atoms with Crippen LogP contribution in [0.25, 0.3) is 0 Å². The number of carbonyl (C=O) groups excluding carboxylic acids is 3. The van der Waals surface area contributed by atoms with Crippen LogP contribution in [0.15, 0.2) is 30.3 Å². The Morgan fingerprint density at radius 3 is 2.32 bits per heavy atom. The smallest absolute Gasteiger partial charge is 0.289 e. The van der Waals surface area contributed by atoms with Crippen LogP contribution in [0.2, 0.25) is 0 Å². The van der Waals surface area contributed by atoms with E-state index in [4.69, 9.17) is 0 Å². The third kappa shape index (κ3) is 4.41. The van der Waals surface area contributed by atoms with E-state index in [0.29, 0.717) is 18.0 Å². The van der Waals surface area contributed by atoms with Crippen molar-refractivity contribution in [3.63, 3.8) is 0 Å². The van der Waals surface area contributed by atoms with Crippen LogP contribution in [-0.2, 0) is 9.59 Å². The Kier molecular flexibility index (Phi) is 5.31. The van der Waals surface area contributed by atoms with Crippen LogP contribution in [0, 0.1) is 11.8 Å². The van der Waals surface area contributed by atoms with Crippen LogP contribution in [0.1, 0.15) is 37.0 Å². The lowest BCUT2D eigenvalue weighted by Crippen LogP contribution is -2.50. The van der Waals surface area contributed by atoms with Gasteiger partial charge in [0.25, 0.3) is 11.8 Å². The molecule has 0 saturated heterocycles. The first-order valence-electron chi connectivity index (χ1n) is 7.67. The van der Waals surface area contributed by atoms with E-state index in [1.807, 2.05) is 19.9 Å². The second-order valence-electron chi connectivity index (χ2n) is 6.08. The van der Waals surface area contributed by atoms with Gasteiger partial charge in [0, 0.05) is 12.1 Å². The second-order valence-corrected chi connectivity index (χ2v) is 6.08. The van der Waals surface area contributed by atoms with Crippen molar-refractivity contribution in [3.8, 4) is 0 Å². The molecule has 0 spiro atoms. The average molecular weight is 302 g/mol. The minimum Gasteiger partial charge on any atom is -0.349 e. The molecule has 0 aromatic heterocycles. The van der Waals surface area contributed by atoms with Gasteiger partial charge in [0.1, 0.15) is 0 Å². The monoisotopic (exact) mass is 302 g/mol. The molecule has 2 amide bonds. The second kappa shape index (κ2) is 7.20. The molecule has 1 atom stereocenters. The quantitative estimate of drug-likeness (QED) is 0.750. The molecule has 1 saturated carbocycles. The molecule has 0 heterocycles. The van der Waals surface area contributed by atoms with Crippen molar-refractivity contribution in [1.29, 1.82) is 0 Å². The summed E-state index contributed by atoms with van der Waals surface area (Å²) in [4.78, 5) is 36.4. The number of rotatable bonds is 7. The van der Waals surface area contributed by atoms with Gasteiger partial charge in [-0.2, -0.15) is 0 Å². The molecule has 22 heavy (non-hydrogen) atoms. The fourth-order valence-corrected chi connectivity index (χ4v) is 2.14. The van der Waals surface area contributed by atoms with Gasteiger partial charge in [0.2, 0.25) is 5.78 Å². The number of Topliss-reactive ketones (excluding diaryl/α,β-unsaturated/α-hetero) is 1. The van der Waals surface area contributed by atoms with Gasteiger partial charge < -0.3 is 10.6 Å². The molecule has 0 aliphatic heterocycles. The zero-order valence-electron chi connectivity index (χ0n) is 13.0. The average Bonchev–Trinajstić information content (AvgIpc) is 3.34. The molecule has 1 aliphatic carbocycles. The highest BCUT2D eigenvalue weighted by Crippen LogP contribution is 2.27. The van der Waals surface area contributed by atoms with Crippen molar-refractivity contribution in [2.24, 2.45) is 11.8 Å². The normalized spacial score (nSPS) is 15.2. The van der Waals surface area contributed by atoms with Gasteiger partial charge in [-0.25, -0.2) is 0 Å². The highest BCUT2D eigenvalue weighted by molar-refractivity contribution is 6.38. The maximum absolute atomic E-state index is 12.3. The first-order valence-corrected chi connectivity index (χ1v) is 7.67. The molecule has 1 fully saturated rings. The molecule has 1 aliphatic rings. The molecule has 1 aromatic carbocycles. The van der Waals surface area contributed by atoms with Crippen LogP contribution in [0.3, 0.4) is 0 Å². The molecule has 0 radical (unpaired) electrons. The molecule has 5 heteroatoms. The number of amides is 2. The van der Waals surface area contributed by atoms with Gasteiger partial charge in [-0.05, 0) is 36.8 Å². The Morgan fingerprint density at radius 1 is 1.14 bits per heavy atom. The van der Waals surface area contributed by atoms with Crippen molar-refractivity contribution in [2.75, 3.05) is 6.54 Å². The van der Waals surface area contributed by atoms with Crippen LogP contribution < -0.4 is 10.6 Å². The van der Waals surface area contributed by atoms with Gasteiger partial charge in [0.05, 0.1) is 6.04 Å². The number of benzene rings is 1. The Balaban J connectivity index is 1.97. The zero-order valence-corrected chi connectivity index (χ0v) is 13.0. The van der Waals surface area contributed by atoms with Gasteiger partial charge in [-0.1, -0.05) is 32.0 Å². The van der Waals surface area contributed by atoms with Gasteiger partial charge in [-0.15, -0.1) is 0 Å². The summed E-state index contributed by atoms with van der Waals surface area (Å²) in [6.45, 7) is 4.16. The van der Waals surface area contributed by atoms with E-state index in [1.54, 1.807) is 24.3 Å². The predicted octanol–water partition coefficient (Wildman–Crippen LogP) is 1.54. The Labute approximate surface area is 130 Å². The van der Waals surface area contributed by atoms with E-state index < -0.39 is 17.7 Å². The standard InChI is InChI=1S/C17H22N2O3/c1-11(2)14(15(20)17(22)18-10-12-8-9-12)19-16(21)13-6-4-3-5-7-13/h3-7,11-12,14H,8-10H2,1-2H3,(H,18,22)(H,19,21). The Hall–Kier alpha value is -2.17. The molecule has 0 bridgehead atoms. The first kappa shape index (κ1) is 16.2. The van der Waals surface area contributed by atoms with E-state index in [9.17, 15) is 14.4 Å². The van der Waals surface area contributed by atoms with Gasteiger partial charge in [0.15, 0.2) is 0 Å². The number of ketones is 1. The van der Waals surface area contributed by atoms with Crippen molar-refractivity contribution in [1.82, 2.24) is 10.6 Å². The molecule has 118 valence electrons. The Morgan fingerprint density at radius 2 is 1.77 bits per heavy atom. The highest BCUT2D eigenvalue weighted by Gasteiger charge is 2.31. The van der Waals surface area contributed by atoms with E-state index in [-0.39, 0.29) is 11.8 Å². The fraction of sp³-hybridized carbons (Fsp3) is 0.471. The summed E-state index contributed by atoms with van der Waals surface area (Å²) in [6, 6.07) is 7.85. The van der Waals surface area contributed by atoms with Crippen LogP contribution >= 0.6 is 0 Å². The lowest BCUT2D eigenvalue weighted by molar-refractivity contribution is -0.139. The highest BCUT2D eigenvalue weighted by atomic mass is 16.2. The number of carbonyl (C=O) groups is 3. The summed E-state index contributed by atoms with van der Waals surface area (Å²) in [5.74, 6) is -1.19. The van der Waals surface area contributed by atoms with E-state index in [0.717, 1.165) is 12.8 Å². The summed E-state index contributed by atoms with van der Waals surface area (Å²) in [5.41, 5.74) is 0.472. The molecule has 2 rings (SSSR count). The summed E-state index contributed by atoms with van der Waals surface area (Å²) in [7, 11) is 0. The van der Waals surface area contributed by atoms with Crippen LogP contribution in [-0.4, -0.2) is 30.2 Å². The third-order valence-corrected chi connectivity index (χ3v) is 3.74. The summed E-state index contributed by atoms with van der Waals surface area (Å²) in [6.07, 6.45) is 2.21. The molecule has 1 aromatic rings. The fourth-order valence-electron chi connectivity index (χ4n) is 2.14. The number of hydrogen-bond donors (Lipinski definition) is 2. The minimum atomic E-state index is -0.813. The van der Waals surface area contributed by atoms with E-state index in [1.165, 1.54) is 0 Å². The van der Waals surface area contributed by atoms with Crippen molar-refractivity contribution < 1.29 is 14.4 Å². The zero-order chi connectivity index (χ0) is 16.1. The summed E-state index contributed by atoms with van der Waals surface area (Å²) in [5, 5.41) is 5.32. The lowest BCUT2D eigenvalue weighted by atomic mass is 9.98. The maximum Gasteiger partial charge on any atom is 0.289 e. The SMILES string of the molecule is CC(C)C(NC(=O)c1ccccc1)C(=O)C(=O)NCC1CC1. The number of hydrogen-bond acceptors (Lipinski definition) is 3. The summed E-state index contributed by atoms with van der Waals surface area (Å²) >= 11 is 0. The Bertz CT molecular complexity index is 550. The van der Waals surface area contributed by atoms with Crippen molar-refractivity contribution >= 4 is 17.6 Å². The third-order valence-electron chi connectivity index (χ3n) is 3.74. The largest absolute Gasteiger partial charge is 0.349 e. The molecular formula is C17H22N2O3. The molecule has 5 nitrogen and oxygen atoms in total. The molecule has 2 N–H and O–H groups in total. The summed E-state index contributed by atoms with van der Waals surface area (Å²) < 4.78 is 0. The van der Waals surface area contributed by atoms with E-state index in [2.05, 4.69) is 10.6 Å². The first-order chi connectivity index (χ1) is 10.5. The van der Waals surface area contributed by atoms with Gasteiger partial charge >= 0.3 is 0 Å². The number of nitrogens with one attached hydrogen (secondary N) is 2. The minimum absolute atomic E-state index is 0.160. The molecular weight excluding hydrogens is 280 g/mol. The topological polar surface area (TPSA) is 75.3 Å². The van der Waals surface area contributed by atoms with Gasteiger partial charge in [-0.3, -0.25) is 14.4 Å².